The summed E-state index contributed by atoms with van der Waals surface area (Å²) < 4.78 is 6.96. The standard InChI is InChI=1S/C38H48N2O.ClH/c1-5-39(6-2)27-25-33-21-15-23-37(35(33)29-31-17-11-9-12-18-31)41-38-24-16-22-34(26-28-40(7-3)8-4)36(38)30-32-19-13-10-14-20-32;/h9-24H,5-8,25-30H2,1-4H3;1H. The molecule has 0 unspecified atom stereocenters. The molecule has 4 heteroatoms. The highest BCUT2D eigenvalue weighted by atomic mass is 35.5. The predicted octanol–water partition coefficient (Wildman–Crippen LogP) is 8.85. The van der Waals surface area contributed by atoms with Gasteiger partial charge in [-0.1, -0.05) is 113 Å². The van der Waals surface area contributed by atoms with Crippen molar-refractivity contribution in [1.29, 1.82) is 0 Å². The van der Waals surface area contributed by atoms with Gasteiger partial charge in [0.25, 0.3) is 0 Å². The van der Waals surface area contributed by atoms with Crippen LogP contribution in [0.3, 0.4) is 0 Å². The summed E-state index contributed by atoms with van der Waals surface area (Å²) >= 11 is 0. The number of ether oxygens (including phenoxy) is 1. The molecule has 0 bridgehead atoms. The fourth-order valence-corrected chi connectivity index (χ4v) is 5.64. The second-order valence-corrected chi connectivity index (χ2v) is 10.8. The van der Waals surface area contributed by atoms with Gasteiger partial charge in [-0.05, 0) is 73.4 Å². The smallest absolute Gasteiger partial charge is 0.131 e. The third-order valence-corrected chi connectivity index (χ3v) is 8.31. The summed E-state index contributed by atoms with van der Waals surface area (Å²) in [6, 6.07) is 34.8. The van der Waals surface area contributed by atoms with Gasteiger partial charge in [0.1, 0.15) is 11.5 Å². The molecule has 0 radical (unpaired) electrons. The van der Waals surface area contributed by atoms with Gasteiger partial charge in [-0.2, -0.15) is 0 Å². The van der Waals surface area contributed by atoms with E-state index < -0.39 is 0 Å². The molecule has 0 atom stereocenters. The Morgan fingerprint density at radius 1 is 0.476 bits per heavy atom. The molecule has 0 saturated carbocycles. The fourth-order valence-electron chi connectivity index (χ4n) is 5.64. The van der Waals surface area contributed by atoms with Crippen molar-refractivity contribution in [2.45, 2.75) is 53.4 Å². The Morgan fingerprint density at radius 2 is 0.857 bits per heavy atom. The Hall–Kier alpha value is -3.11. The number of benzene rings is 4. The Bertz CT molecular complexity index is 1210. The van der Waals surface area contributed by atoms with Crippen molar-refractivity contribution < 1.29 is 4.74 Å². The monoisotopic (exact) mass is 584 g/mol. The zero-order valence-electron chi connectivity index (χ0n) is 26.0. The molecule has 4 aromatic carbocycles. The molecule has 224 valence electrons. The van der Waals surface area contributed by atoms with Gasteiger partial charge in [0.15, 0.2) is 0 Å². The van der Waals surface area contributed by atoms with Gasteiger partial charge in [-0.15, -0.1) is 12.4 Å². The average molecular weight is 585 g/mol. The highest BCUT2D eigenvalue weighted by Gasteiger charge is 2.17. The summed E-state index contributed by atoms with van der Waals surface area (Å²) in [5.41, 5.74) is 7.96. The second kappa shape index (κ2) is 17.8. The molecule has 0 N–H and O–H groups in total. The van der Waals surface area contributed by atoms with E-state index in [-0.39, 0.29) is 12.4 Å². The van der Waals surface area contributed by atoms with E-state index in [2.05, 4.69) is 135 Å². The van der Waals surface area contributed by atoms with Crippen LogP contribution >= 0.6 is 12.4 Å². The molecular weight excluding hydrogens is 536 g/mol. The third-order valence-electron chi connectivity index (χ3n) is 8.31. The number of likely N-dealkylation sites (N-methyl/N-ethyl adjacent to an activating group) is 2. The molecule has 0 spiro atoms. The van der Waals surface area contributed by atoms with Crippen molar-refractivity contribution in [2.24, 2.45) is 0 Å². The van der Waals surface area contributed by atoms with E-state index in [1.54, 1.807) is 0 Å². The van der Waals surface area contributed by atoms with Crippen molar-refractivity contribution in [3.8, 4) is 11.5 Å². The minimum absolute atomic E-state index is 0. The number of halogens is 1. The largest absolute Gasteiger partial charge is 0.457 e. The zero-order valence-corrected chi connectivity index (χ0v) is 26.8. The van der Waals surface area contributed by atoms with Gasteiger partial charge < -0.3 is 14.5 Å². The van der Waals surface area contributed by atoms with E-state index >= 15 is 0 Å². The quantitative estimate of drug-likeness (QED) is 0.131. The van der Waals surface area contributed by atoms with Crippen molar-refractivity contribution in [3.05, 3.63) is 130 Å². The van der Waals surface area contributed by atoms with Crippen LogP contribution in [0.15, 0.2) is 97.1 Å². The van der Waals surface area contributed by atoms with E-state index in [1.807, 2.05) is 0 Å². The zero-order chi connectivity index (χ0) is 28.9. The van der Waals surface area contributed by atoms with E-state index in [9.17, 15) is 0 Å². The van der Waals surface area contributed by atoms with Crippen LogP contribution in [0.5, 0.6) is 11.5 Å². The maximum atomic E-state index is 6.96. The van der Waals surface area contributed by atoms with Gasteiger partial charge in [-0.25, -0.2) is 0 Å². The minimum Gasteiger partial charge on any atom is -0.457 e. The maximum Gasteiger partial charge on any atom is 0.131 e. The van der Waals surface area contributed by atoms with Crippen molar-refractivity contribution in [2.75, 3.05) is 39.3 Å². The number of hydrogen-bond acceptors (Lipinski definition) is 3. The van der Waals surface area contributed by atoms with Gasteiger partial charge in [-0.3, -0.25) is 0 Å². The second-order valence-electron chi connectivity index (χ2n) is 10.8. The van der Waals surface area contributed by atoms with Crippen LogP contribution < -0.4 is 4.74 Å². The van der Waals surface area contributed by atoms with Crippen LogP contribution in [0.1, 0.15) is 61.1 Å². The van der Waals surface area contributed by atoms with Crippen LogP contribution in [0.2, 0.25) is 0 Å². The Labute approximate surface area is 260 Å². The van der Waals surface area contributed by atoms with E-state index in [0.29, 0.717) is 0 Å². The predicted molar refractivity (Wildman–Crippen MR) is 182 cm³/mol. The highest BCUT2D eigenvalue weighted by Crippen LogP contribution is 2.34. The number of rotatable bonds is 16. The molecule has 0 heterocycles. The molecule has 0 amide bonds. The first-order valence-electron chi connectivity index (χ1n) is 15.6. The van der Waals surface area contributed by atoms with Gasteiger partial charge in [0, 0.05) is 37.1 Å². The number of hydrogen-bond donors (Lipinski definition) is 0. The average Bonchev–Trinajstić information content (AvgIpc) is 3.01. The molecule has 4 aromatic rings. The topological polar surface area (TPSA) is 15.7 Å². The molecule has 0 aliphatic heterocycles. The molecule has 0 fully saturated rings. The molecule has 3 nitrogen and oxygen atoms in total. The fraction of sp³-hybridized carbons (Fsp3) is 0.368. The van der Waals surface area contributed by atoms with Crippen LogP contribution in [-0.4, -0.2) is 49.1 Å². The summed E-state index contributed by atoms with van der Waals surface area (Å²) in [5, 5.41) is 0. The molecule has 0 aromatic heterocycles. The van der Waals surface area contributed by atoms with Gasteiger partial charge in [0.2, 0.25) is 0 Å². The molecule has 42 heavy (non-hydrogen) atoms. The lowest BCUT2D eigenvalue weighted by Gasteiger charge is -2.22. The van der Waals surface area contributed by atoms with Crippen LogP contribution in [0, 0.1) is 0 Å². The molecule has 0 aliphatic rings. The van der Waals surface area contributed by atoms with Crippen molar-refractivity contribution in [3.63, 3.8) is 0 Å². The summed E-state index contributed by atoms with van der Waals surface area (Å²) in [7, 11) is 0. The van der Waals surface area contributed by atoms with E-state index in [4.69, 9.17) is 4.74 Å². The maximum absolute atomic E-state index is 6.96. The van der Waals surface area contributed by atoms with Crippen LogP contribution in [0.25, 0.3) is 0 Å². The van der Waals surface area contributed by atoms with Crippen LogP contribution in [0.4, 0.5) is 0 Å². The van der Waals surface area contributed by atoms with Crippen LogP contribution in [-0.2, 0) is 25.7 Å². The number of nitrogens with zero attached hydrogens (tertiary/aromatic N) is 2. The lowest BCUT2D eigenvalue weighted by molar-refractivity contribution is 0.307. The Kier molecular flexibility index (Phi) is 14.1. The summed E-state index contributed by atoms with van der Waals surface area (Å²) in [6.07, 6.45) is 3.75. The molecule has 4 rings (SSSR count). The Balaban J connectivity index is 0.00000484. The first-order valence-corrected chi connectivity index (χ1v) is 15.6. The highest BCUT2D eigenvalue weighted by molar-refractivity contribution is 5.85. The minimum atomic E-state index is 0. The normalized spacial score (nSPS) is 11.1. The Morgan fingerprint density at radius 3 is 1.21 bits per heavy atom. The van der Waals surface area contributed by atoms with Gasteiger partial charge in [0.05, 0.1) is 0 Å². The summed E-state index contributed by atoms with van der Waals surface area (Å²) in [4.78, 5) is 4.99. The first kappa shape index (κ1) is 33.4. The molecule has 0 saturated heterocycles. The molecular formula is C38H49ClN2O. The van der Waals surface area contributed by atoms with Gasteiger partial charge >= 0.3 is 0 Å². The first-order chi connectivity index (χ1) is 20.1. The third kappa shape index (κ3) is 9.46. The summed E-state index contributed by atoms with van der Waals surface area (Å²) in [6.45, 7) is 15.4. The SMILES string of the molecule is CCN(CC)CCc1cccc(Oc2cccc(CCN(CC)CC)c2Cc2ccccc2)c1Cc1ccccc1.Cl. The van der Waals surface area contributed by atoms with Crippen molar-refractivity contribution >= 4 is 12.4 Å². The molecule has 0 aliphatic carbocycles. The summed E-state index contributed by atoms with van der Waals surface area (Å²) in [5.74, 6) is 1.95. The van der Waals surface area contributed by atoms with E-state index in [1.165, 1.54) is 33.4 Å². The van der Waals surface area contributed by atoms with Crippen molar-refractivity contribution in [1.82, 2.24) is 9.80 Å². The lowest BCUT2D eigenvalue weighted by Crippen LogP contribution is -2.25. The van der Waals surface area contributed by atoms with E-state index in [0.717, 1.165) is 76.5 Å². The lowest BCUT2D eigenvalue weighted by atomic mass is 9.95.